The average molecular weight is 223 g/mol. The molecule has 0 amide bonds. The quantitative estimate of drug-likeness (QED) is 0.781. The Hall–Kier alpha value is -0.210. The van der Waals surface area contributed by atoms with Crippen molar-refractivity contribution in [1.29, 1.82) is 0 Å². The fourth-order valence-corrected chi connectivity index (χ4v) is 2.53. The van der Waals surface area contributed by atoms with Gasteiger partial charge in [0.15, 0.2) is 0 Å². The summed E-state index contributed by atoms with van der Waals surface area (Å²) in [7, 11) is 0. The van der Waals surface area contributed by atoms with Crippen LogP contribution in [0.1, 0.15) is 20.8 Å². The van der Waals surface area contributed by atoms with Crippen LogP contribution >= 0.6 is 23.2 Å². The Kier molecular flexibility index (Phi) is 2.42. The fourth-order valence-electron chi connectivity index (χ4n) is 2.07. The molecule has 0 radical (unpaired) electrons. The molecule has 0 bridgehead atoms. The molecule has 0 heterocycles. The fraction of sp³-hybridized carbons (Fsp3) is 0.667. The van der Waals surface area contributed by atoms with E-state index in [4.69, 9.17) is 28.3 Å². The van der Waals surface area contributed by atoms with Crippen LogP contribution in [0.2, 0.25) is 0 Å². The molecule has 2 unspecified atom stereocenters. The van der Waals surface area contributed by atoms with Gasteiger partial charge in [-0.2, -0.15) is 0 Å². The zero-order valence-electron chi connectivity index (χ0n) is 7.77. The van der Waals surface area contributed by atoms with Crippen molar-refractivity contribution in [2.45, 2.75) is 20.8 Å². The number of carbonyl (C=O) groups is 1. The van der Waals surface area contributed by atoms with Crippen molar-refractivity contribution in [3.8, 4) is 0 Å². The van der Waals surface area contributed by atoms with E-state index in [9.17, 15) is 4.79 Å². The summed E-state index contributed by atoms with van der Waals surface area (Å²) in [6.45, 7) is 5.66. The Morgan fingerprint density at radius 1 is 1.38 bits per heavy atom. The van der Waals surface area contributed by atoms with Crippen LogP contribution in [-0.4, -0.2) is 11.1 Å². The summed E-state index contributed by atoms with van der Waals surface area (Å²) >= 11 is 11.1. The normalized spacial score (nSPS) is 35.3. The summed E-state index contributed by atoms with van der Waals surface area (Å²) in [6.07, 6.45) is 1.62. The highest BCUT2D eigenvalue weighted by Gasteiger charge is 2.70. The number of hydrogen-bond acceptors (Lipinski definition) is 1. The largest absolute Gasteiger partial charge is 0.481 e. The highest BCUT2D eigenvalue weighted by atomic mass is 35.5. The molecule has 1 aliphatic carbocycles. The summed E-state index contributed by atoms with van der Waals surface area (Å²) < 4.78 is 0.138. The lowest BCUT2D eigenvalue weighted by Crippen LogP contribution is -2.04. The molecular formula is C9H12Cl2O2. The zero-order valence-corrected chi connectivity index (χ0v) is 9.28. The minimum absolute atomic E-state index is 0.138. The van der Waals surface area contributed by atoms with E-state index in [0.29, 0.717) is 0 Å². The van der Waals surface area contributed by atoms with E-state index < -0.39 is 17.3 Å². The lowest BCUT2D eigenvalue weighted by molar-refractivity contribution is -0.139. The van der Waals surface area contributed by atoms with Gasteiger partial charge in [0.1, 0.15) is 4.49 Å². The van der Waals surface area contributed by atoms with Crippen LogP contribution in [0.15, 0.2) is 10.6 Å². The van der Waals surface area contributed by atoms with E-state index in [2.05, 4.69) is 0 Å². The van der Waals surface area contributed by atoms with E-state index >= 15 is 0 Å². The summed E-state index contributed by atoms with van der Waals surface area (Å²) in [5, 5.41) is 8.92. The molecule has 1 saturated carbocycles. The lowest BCUT2D eigenvalue weighted by Gasteiger charge is -2.07. The van der Waals surface area contributed by atoms with Crippen molar-refractivity contribution in [2.24, 2.45) is 16.7 Å². The molecule has 2 nitrogen and oxygen atoms in total. The van der Waals surface area contributed by atoms with Gasteiger partial charge >= 0.3 is 5.97 Å². The number of hydrogen-bond donors (Lipinski definition) is 1. The first-order chi connectivity index (χ1) is 5.73. The molecule has 1 aliphatic rings. The molecule has 13 heavy (non-hydrogen) atoms. The molecule has 1 rings (SSSR count). The van der Waals surface area contributed by atoms with E-state index in [-0.39, 0.29) is 9.91 Å². The van der Waals surface area contributed by atoms with Gasteiger partial charge in [0.05, 0.1) is 5.92 Å². The van der Waals surface area contributed by atoms with Gasteiger partial charge in [-0.15, -0.1) is 0 Å². The maximum atomic E-state index is 10.9. The minimum Gasteiger partial charge on any atom is -0.481 e. The molecular weight excluding hydrogens is 211 g/mol. The van der Waals surface area contributed by atoms with Crippen LogP contribution in [0.5, 0.6) is 0 Å². The molecule has 0 spiro atoms. The Balaban J connectivity index is 2.97. The second-order valence-electron chi connectivity index (χ2n) is 4.21. The minimum atomic E-state index is -0.793. The summed E-state index contributed by atoms with van der Waals surface area (Å²) in [5.74, 6) is -1.19. The summed E-state index contributed by atoms with van der Waals surface area (Å²) in [4.78, 5) is 10.9. The number of carboxylic acid groups (broad SMARTS) is 1. The first kappa shape index (κ1) is 10.9. The van der Waals surface area contributed by atoms with E-state index in [0.717, 1.165) is 0 Å². The molecule has 0 aromatic carbocycles. The van der Waals surface area contributed by atoms with Gasteiger partial charge in [-0.3, -0.25) is 4.79 Å². The standard InChI is InChI=1S/C9H12Cl2O2/c1-8(2)6(7(12)13)9(8,3)4-5(10)11/h4,6H,1-3H3,(H,12,13). The number of halogens is 2. The molecule has 1 N–H and O–H groups in total. The second kappa shape index (κ2) is 2.89. The Bertz CT molecular complexity index is 279. The monoisotopic (exact) mass is 222 g/mol. The second-order valence-corrected chi connectivity index (χ2v) is 5.22. The lowest BCUT2D eigenvalue weighted by atomic mass is 9.99. The topological polar surface area (TPSA) is 37.3 Å². The Morgan fingerprint density at radius 2 is 1.85 bits per heavy atom. The van der Waals surface area contributed by atoms with Crippen molar-refractivity contribution in [3.05, 3.63) is 10.6 Å². The third-order valence-electron chi connectivity index (χ3n) is 3.28. The number of rotatable bonds is 2. The molecule has 1 fully saturated rings. The summed E-state index contributed by atoms with van der Waals surface area (Å²) in [6, 6.07) is 0. The van der Waals surface area contributed by atoms with Crippen LogP contribution in [0.25, 0.3) is 0 Å². The predicted octanol–water partition coefficient (Wildman–Crippen LogP) is 3.05. The highest BCUT2D eigenvalue weighted by molar-refractivity contribution is 6.55. The number of aliphatic carboxylic acids is 1. The Morgan fingerprint density at radius 3 is 2.08 bits per heavy atom. The van der Waals surface area contributed by atoms with Crippen LogP contribution in [0, 0.1) is 16.7 Å². The van der Waals surface area contributed by atoms with Gasteiger partial charge in [0.2, 0.25) is 0 Å². The molecule has 0 saturated heterocycles. The summed E-state index contributed by atoms with van der Waals surface area (Å²) in [5.41, 5.74) is -0.689. The maximum absolute atomic E-state index is 10.9. The first-order valence-corrected chi connectivity index (χ1v) is 4.76. The van der Waals surface area contributed by atoms with Crippen molar-refractivity contribution < 1.29 is 9.90 Å². The third-order valence-corrected chi connectivity index (χ3v) is 3.50. The van der Waals surface area contributed by atoms with Crippen molar-refractivity contribution in [2.75, 3.05) is 0 Å². The smallest absolute Gasteiger partial charge is 0.307 e. The van der Waals surface area contributed by atoms with Gasteiger partial charge < -0.3 is 5.11 Å². The molecule has 0 aromatic heterocycles. The van der Waals surface area contributed by atoms with Crippen LogP contribution in [0.4, 0.5) is 0 Å². The SMILES string of the molecule is CC1(C)C(C(=O)O)C1(C)C=C(Cl)Cl. The molecule has 4 heteroatoms. The van der Waals surface area contributed by atoms with E-state index in [1.807, 2.05) is 20.8 Å². The van der Waals surface area contributed by atoms with Gasteiger partial charge in [-0.1, -0.05) is 44.0 Å². The number of carboxylic acids is 1. The van der Waals surface area contributed by atoms with Crippen molar-refractivity contribution in [1.82, 2.24) is 0 Å². The Labute approximate surface area is 87.5 Å². The van der Waals surface area contributed by atoms with Crippen LogP contribution in [0.3, 0.4) is 0 Å². The van der Waals surface area contributed by atoms with Gasteiger partial charge in [0.25, 0.3) is 0 Å². The van der Waals surface area contributed by atoms with Crippen LogP contribution < -0.4 is 0 Å². The molecule has 0 aliphatic heterocycles. The zero-order chi connectivity index (χ0) is 10.4. The van der Waals surface area contributed by atoms with Crippen molar-refractivity contribution >= 4 is 29.2 Å². The molecule has 0 aromatic rings. The van der Waals surface area contributed by atoms with E-state index in [1.165, 1.54) is 0 Å². The molecule has 2 atom stereocenters. The first-order valence-electron chi connectivity index (χ1n) is 4.00. The van der Waals surface area contributed by atoms with Crippen LogP contribution in [-0.2, 0) is 4.79 Å². The third kappa shape index (κ3) is 1.46. The average Bonchev–Trinajstić information content (AvgIpc) is 2.22. The van der Waals surface area contributed by atoms with Gasteiger partial charge in [-0.05, 0) is 11.5 Å². The maximum Gasteiger partial charge on any atom is 0.307 e. The highest BCUT2D eigenvalue weighted by Crippen LogP contribution is 2.70. The van der Waals surface area contributed by atoms with Gasteiger partial charge in [0, 0.05) is 5.41 Å². The number of allylic oxidation sites excluding steroid dienone is 1. The van der Waals surface area contributed by atoms with Crippen molar-refractivity contribution in [3.63, 3.8) is 0 Å². The molecule has 74 valence electrons. The predicted molar refractivity (Wildman–Crippen MR) is 52.8 cm³/mol. The van der Waals surface area contributed by atoms with E-state index in [1.54, 1.807) is 6.08 Å². The van der Waals surface area contributed by atoms with Gasteiger partial charge in [-0.25, -0.2) is 0 Å².